The fourth-order valence-electron chi connectivity index (χ4n) is 2.99. The van der Waals surface area contributed by atoms with E-state index in [0.717, 1.165) is 32.0 Å². The molecule has 4 nitrogen and oxygen atoms in total. The predicted octanol–water partition coefficient (Wildman–Crippen LogP) is 3.23. The fraction of sp³-hybridized carbons (Fsp3) is 0.412. The summed E-state index contributed by atoms with van der Waals surface area (Å²) in [6.07, 6.45) is 3.33. The van der Waals surface area contributed by atoms with Crippen LogP contribution < -0.4 is 4.90 Å². The minimum atomic E-state index is 0.0505. The molecule has 2 heterocycles. The molecule has 1 aromatic carbocycles. The van der Waals surface area contributed by atoms with E-state index < -0.39 is 0 Å². The molecule has 0 unspecified atom stereocenters. The Bertz CT molecular complexity index is 630. The van der Waals surface area contributed by atoms with Crippen LogP contribution >= 0.6 is 11.6 Å². The molecule has 0 spiro atoms. The van der Waals surface area contributed by atoms with Crippen LogP contribution in [0.15, 0.2) is 42.7 Å². The van der Waals surface area contributed by atoms with E-state index in [9.17, 15) is 0 Å². The molecule has 0 saturated carbocycles. The quantitative estimate of drug-likeness (QED) is 0.870. The van der Waals surface area contributed by atoms with Gasteiger partial charge in [0.15, 0.2) is 11.0 Å². The lowest BCUT2D eigenvalue weighted by atomic mass is 9.97. The molecular weight excluding hydrogens is 296 g/mol. The van der Waals surface area contributed by atoms with Gasteiger partial charge in [-0.1, -0.05) is 41.9 Å². The van der Waals surface area contributed by atoms with Crippen molar-refractivity contribution < 1.29 is 0 Å². The molecular formula is C17H21ClN4. The predicted molar refractivity (Wildman–Crippen MR) is 90.2 cm³/mol. The molecule has 1 saturated heterocycles. The van der Waals surface area contributed by atoms with Gasteiger partial charge >= 0.3 is 0 Å². The van der Waals surface area contributed by atoms with Gasteiger partial charge in [0.05, 0.1) is 0 Å². The van der Waals surface area contributed by atoms with Gasteiger partial charge in [-0.3, -0.25) is 4.90 Å². The molecule has 0 bridgehead atoms. The first kappa shape index (κ1) is 15.3. The highest BCUT2D eigenvalue weighted by Gasteiger charge is 2.34. The van der Waals surface area contributed by atoms with Crippen LogP contribution in [0, 0.1) is 0 Å². The number of piperazine rings is 1. The second-order valence-electron chi connectivity index (χ2n) is 6.31. The third-order valence-corrected chi connectivity index (χ3v) is 4.49. The topological polar surface area (TPSA) is 32.3 Å². The monoisotopic (exact) mass is 316 g/mol. The zero-order valence-electron chi connectivity index (χ0n) is 13.0. The van der Waals surface area contributed by atoms with Crippen molar-refractivity contribution in [1.82, 2.24) is 14.9 Å². The van der Waals surface area contributed by atoms with E-state index in [0.29, 0.717) is 5.15 Å². The molecule has 0 amide bonds. The first-order valence-electron chi connectivity index (χ1n) is 7.57. The number of hydrogen-bond donors (Lipinski definition) is 0. The van der Waals surface area contributed by atoms with Crippen LogP contribution in [0.25, 0.3) is 0 Å². The molecule has 1 aromatic heterocycles. The van der Waals surface area contributed by atoms with E-state index >= 15 is 0 Å². The number of rotatable bonds is 3. The lowest BCUT2D eigenvalue weighted by Crippen LogP contribution is -2.59. The number of hydrogen-bond acceptors (Lipinski definition) is 4. The van der Waals surface area contributed by atoms with Crippen molar-refractivity contribution >= 4 is 17.4 Å². The lowest BCUT2D eigenvalue weighted by molar-refractivity contribution is 0.0959. The third-order valence-electron chi connectivity index (χ3n) is 4.23. The van der Waals surface area contributed by atoms with Gasteiger partial charge in [0, 0.05) is 44.1 Å². The summed E-state index contributed by atoms with van der Waals surface area (Å²) in [6.45, 7) is 8.29. The van der Waals surface area contributed by atoms with Gasteiger partial charge in [0.25, 0.3) is 0 Å². The van der Waals surface area contributed by atoms with Crippen molar-refractivity contribution in [3.63, 3.8) is 0 Å². The van der Waals surface area contributed by atoms with Gasteiger partial charge in [-0.2, -0.15) is 0 Å². The van der Waals surface area contributed by atoms with E-state index in [4.69, 9.17) is 11.6 Å². The zero-order chi connectivity index (χ0) is 15.6. The lowest BCUT2D eigenvalue weighted by Gasteiger charge is -2.47. The maximum atomic E-state index is 6.19. The highest BCUT2D eigenvalue weighted by atomic mass is 35.5. The molecule has 116 valence electrons. The van der Waals surface area contributed by atoms with Crippen molar-refractivity contribution in [2.45, 2.75) is 25.9 Å². The zero-order valence-corrected chi connectivity index (χ0v) is 13.8. The molecule has 1 aliphatic heterocycles. The van der Waals surface area contributed by atoms with E-state index in [1.165, 1.54) is 5.56 Å². The standard InChI is InChI=1S/C17H21ClN4/c1-17(2)13-21(16-15(18)19-8-9-20-16)10-11-22(17)12-14-6-4-3-5-7-14/h3-9H,10-13H2,1-2H3. The Hall–Kier alpha value is -1.65. The Morgan fingerprint density at radius 1 is 1.09 bits per heavy atom. The number of nitrogens with zero attached hydrogens (tertiary/aromatic N) is 4. The highest BCUT2D eigenvalue weighted by Crippen LogP contribution is 2.28. The first-order chi connectivity index (χ1) is 10.6. The van der Waals surface area contributed by atoms with Crippen molar-refractivity contribution in [2.24, 2.45) is 0 Å². The fourth-order valence-corrected chi connectivity index (χ4v) is 3.22. The molecule has 3 rings (SSSR count). The summed E-state index contributed by atoms with van der Waals surface area (Å²) in [5.41, 5.74) is 1.40. The van der Waals surface area contributed by atoms with E-state index in [2.05, 4.69) is 63.9 Å². The summed E-state index contributed by atoms with van der Waals surface area (Å²) >= 11 is 6.19. The number of halogens is 1. The number of anilines is 1. The van der Waals surface area contributed by atoms with Gasteiger partial charge in [0.1, 0.15) is 0 Å². The minimum Gasteiger partial charge on any atom is -0.351 e. The maximum Gasteiger partial charge on any atom is 0.171 e. The summed E-state index contributed by atoms with van der Waals surface area (Å²) < 4.78 is 0. The molecule has 1 fully saturated rings. The molecule has 0 radical (unpaired) electrons. The van der Waals surface area contributed by atoms with Crippen molar-refractivity contribution in [2.75, 3.05) is 24.5 Å². The summed E-state index contributed by atoms with van der Waals surface area (Å²) in [5, 5.41) is 0.481. The molecule has 2 aromatic rings. The normalized spacial score (nSPS) is 18.4. The SMILES string of the molecule is CC1(C)CN(c2nccnc2Cl)CCN1Cc1ccccc1. The molecule has 0 aliphatic carbocycles. The van der Waals surface area contributed by atoms with Crippen LogP contribution in [0.5, 0.6) is 0 Å². The Balaban J connectivity index is 1.73. The van der Waals surface area contributed by atoms with Crippen molar-refractivity contribution in [3.8, 4) is 0 Å². The largest absolute Gasteiger partial charge is 0.351 e. The molecule has 0 atom stereocenters. The van der Waals surface area contributed by atoms with Gasteiger partial charge in [-0.15, -0.1) is 0 Å². The average molecular weight is 317 g/mol. The molecule has 0 N–H and O–H groups in total. The number of benzene rings is 1. The second-order valence-corrected chi connectivity index (χ2v) is 6.67. The van der Waals surface area contributed by atoms with Crippen molar-refractivity contribution in [1.29, 1.82) is 0 Å². The van der Waals surface area contributed by atoms with Crippen LogP contribution in [0.3, 0.4) is 0 Å². The Morgan fingerprint density at radius 2 is 1.82 bits per heavy atom. The van der Waals surface area contributed by atoms with Crippen molar-refractivity contribution in [3.05, 3.63) is 53.4 Å². The van der Waals surface area contributed by atoms with Gasteiger partial charge in [-0.05, 0) is 19.4 Å². The van der Waals surface area contributed by atoms with E-state index in [1.54, 1.807) is 12.4 Å². The highest BCUT2D eigenvalue weighted by molar-refractivity contribution is 6.31. The summed E-state index contributed by atoms with van der Waals surface area (Å²) in [6, 6.07) is 10.6. The Labute approximate surface area is 136 Å². The summed E-state index contributed by atoms with van der Waals surface area (Å²) in [5.74, 6) is 0.789. The number of aromatic nitrogens is 2. The van der Waals surface area contributed by atoms with E-state index in [-0.39, 0.29) is 5.54 Å². The Morgan fingerprint density at radius 3 is 2.50 bits per heavy atom. The van der Waals surface area contributed by atoms with Gasteiger partial charge in [-0.25, -0.2) is 9.97 Å². The van der Waals surface area contributed by atoms with Crippen LogP contribution in [0.2, 0.25) is 5.15 Å². The third kappa shape index (κ3) is 3.23. The maximum absolute atomic E-state index is 6.19. The average Bonchev–Trinajstić information content (AvgIpc) is 2.51. The molecule has 1 aliphatic rings. The smallest absolute Gasteiger partial charge is 0.171 e. The first-order valence-corrected chi connectivity index (χ1v) is 7.94. The summed E-state index contributed by atoms with van der Waals surface area (Å²) in [7, 11) is 0. The van der Waals surface area contributed by atoms with Crippen LogP contribution in [-0.4, -0.2) is 40.0 Å². The van der Waals surface area contributed by atoms with Crippen LogP contribution in [-0.2, 0) is 6.54 Å². The van der Waals surface area contributed by atoms with Gasteiger partial charge < -0.3 is 4.90 Å². The Kier molecular flexibility index (Phi) is 4.32. The van der Waals surface area contributed by atoms with Gasteiger partial charge in [0.2, 0.25) is 0 Å². The van der Waals surface area contributed by atoms with E-state index in [1.807, 2.05) is 0 Å². The molecule has 22 heavy (non-hydrogen) atoms. The van der Waals surface area contributed by atoms with Crippen LogP contribution in [0.1, 0.15) is 19.4 Å². The minimum absolute atomic E-state index is 0.0505. The molecule has 5 heteroatoms. The summed E-state index contributed by atoms with van der Waals surface area (Å²) in [4.78, 5) is 13.3. The second kappa shape index (κ2) is 6.23. The van der Waals surface area contributed by atoms with Crippen LogP contribution in [0.4, 0.5) is 5.82 Å².